The van der Waals surface area contributed by atoms with Crippen LogP contribution in [0.3, 0.4) is 0 Å². The zero-order valence-electron chi connectivity index (χ0n) is 24.1. The van der Waals surface area contributed by atoms with Gasteiger partial charge in [0.25, 0.3) is 0 Å². The molecule has 0 aromatic carbocycles. The quantitative estimate of drug-likeness (QED) is 0.101. The van der Waals surface area contributed by atoms with Gasteiger partial charge < -0.3 is 39.5 Å². The molecular formula is C29H60NO7+. The second-order valence-electron chi connectivity index (χ2n) is 11.9. The number of rotatable bonds is 23. The predicted molar refractivity (Wildman–Crippen MR) is 147 cm³/mol. The Hall–Kier alpha value is -0.320. The van der Waals surface area contributed by atoms with Crippen LogP contribution in [0.15, 0.2) is 0 Å². The highest BCUT2D eigenvalue weighted by Gasteiger charge is 2.43. The molecule has 1 aliphatic heterocycles. The van der Waals surface area contributed by atoms with E-state index in [1.54, 1.807) is 0 Å². The third kappa shape index (κ3) is 16.4. The van der Waals surface area contributed by atoms with Gasteiger partial charge in [-0.3, -0.25) is 0 Å². The highest BCUT2D eigenvalue weighted by atomic mass is 16.6. The van der Waals surface area contributed by atoms with E-state index in [1.807, 2.05) is 0 Å². The first-order chi connectivity index (χ1) is 17.7. The lowest BCUT2D eigenvalue weighted by Crippen LogP contribution is -2.58. The van der Waals surface area contributed by atoms with Crippen molar-refractivity contribution in [2.75, 3.05) is 40.4 Å². The Labute approximate surface area is 226 Å². The Kier molecular flexibility index (Phi) is 19.3. The lowest BCUT2D eigenvalue weighted by Gasteiger charge is -2.38. The molecule has 0 aromatic rings. The summed E-state index contributed by atoms with van der Waals surface area (Å²) in [5.41, 5.74) is 0. The molecule has 1 aliphatic rings. The summed E-state index contributed by atoms with van der Waals surface area (Å²) in [4.78, 5) is 0. The summed E-state index contributed by atoms with van der Waals surface area (Å²) in [5, 5.41) is 49.2. The summed E-state index contributed by atoms with van der Waals surface area (Å²) in [6.45, 7) is 3.80. The van der Waals surface area contributed by atoms with Gasteiger partial charge in [0, 0.05) is 0 Å². The van der Waals surface area contributed by atoms with Gasteiger partial charge in [0.1, 0.15) is 37.1 Å². The SMILES string of the molecule is CCCCCCCCCCCCCCCCCC[N+](C)(C)CC(O)COC[C@H]1O[C@H](O)[C@H](O)[C@@H](O)[C@@H]1O. The largest absolute Gasteiger partial charge is 0.387 e. The van der Waals surface area contributed by atoms with E-state index in [-0.39, 0.29) is 13.2 Å². The van der Waals surface area contributed by atoms with Crippen molar-refractivity contribution in [2.24, 2.45) is 0 Å². The van der Waals surface area contributed by atoms with Gasteiger partial charge in [-0.2, -0.15) is 0 Å². The van der Waals surface area contributed by atoms with Crippen molar-refractivity contribution in [3.63, 3.8) is 0 Å². The minimum atomic E-state index is -1.58. The molecule has 0 spiro atoms. The van der Waals surface area contributed by atoms with Crippen molar-refractivity contribution in [3.05, 3.63) is 0 Å². The molecule has 1 unspecified atom stereocenters. The summed E-state index contributed by atoms with van der Waals surface area (Å²) in [7, 11) is 4.22. The average Bonchev–Trinajstić information content (AvgIpc) is 2.85. The molecule has 5 N–H and O–H groups in total. The summed E-state index contributed by atoms with van der Waals surface area (Å²) < 4.78 is 11.3. The molecule has 222 valence electrons. The Morgan fingerprint density at radius 2 is 1.14 bits per heavy atom. The lowest BCUT2D eigenvalue weighted by molar-refractivity contribution is -0.893. The summed E-state index contributed by atoms with van der Waals surface area (Å²) in [6.07, 6.45) is 14.0. The first kappa shape index (κ1) is 34.7. The van der Waals surface area contributed by atoms with Crippen LogP contribution in [0.5, 0.6) is 0 Å². The normalized spacial score (nSPS) is 25.5. The van der Waals surface area contributed by atoms with Crippen LogP contribution >= 0.6 is 0 Å². The maximum atomic E-state index is 10.4. The molecule has 0 radical (unpaired) electrons. The maximum Gasteiger partial charge on any atom is 0.184 e. The summed E-state index contributed by atoms with van der Waals surface area (Å²) in [6, 6.07) is 0. The second-order valence-corrected chi connectivity index (χ2v) is 11.9. The van der Waals surface area contributed by atoms with Crippen molar-refractivity contribution in [3.8, 4) is 0 Å². The molecule has 8 nitrogen and oxygen atoms in total. The topological polar surface area (TPSA) is 120 Å². The number of ether oxygens (including phenoxy) is 2. The molecule has 1 saturated heterocycles. The Balaban J connectivity index is 1.97. The van der Waals surface area contributed by atoms with Crippen LogP contribution in [-0.2, 0) is 9.47 Å². The van der Waals surface area contributed by atoms with Gasteiger partial charge in [-0.1, -0.05) is 96.8 Å². The molecule has 6 atom stereocenters. The maximum absolute atomic E-state index is 10.4. The fourth-order valence-corrected chi connectivity index (χ4v) is 5.19. The second kappa shape index (κ2) is 20.6. The zero-order valence-corrected chi connectivity index (χ0v) is 24.1. The number of nitrogens with zero attached hydrogens (tertiary/aromatic N) is 1. The summed E-state index contributed by atoms with van der Waals surface area (Å²) in [5.74, 6) is 0. The number of hydrogen-bond donors (Lipinski definition) is 5. The fourth-order valence-electron chi connectivity index (χ4n) is 5.19. The van der Waals surface area contributed by atoms with E-state index in [0.717, 1.165) is 13.0 Å². The van der Waals surface area contributed by atoms with E-state index in [4.69, 9.17) is 9.47 Å². The van der Waals surface area contributed by atoms with Crippen LogP contribution in [0.25, 0.3) is 0 Å². The fraction of sp³-hybridized carbons (Fsp3) is 1.00. The first-order valence-electron chi connectivity index (χ1n) is 15.1. The molecule has 37 heavy (non-hydrogen) atoms. The van der Waals surface area contributed by atoms with Gasteiger partial charge in [0.15, 0.2) is 6.29 Å². The van der Waals surface area contributed by atoms with Crippen molar-refractivity contribution >= 4 is 0 Å². The standard InChI is InChI=1S/C29H60NO7/c1-4-5-6-7-8-9-10-11-12-13-14-15-16-17-18-19-20-30(2,3)21-24(31)22-36-23-25-26(32)27(33)28(34)29(35)37-25/h24-29,31-35H,4-23H2,1-3H3/q+1/t24?,25-,26-,27+,28-,29+/m1/s1. The molecule has 0 saturated carbocycles. The van der Waals surface area contributed by atoms with Gasteiger partial charge in [-0.15, -0.1) is 0 Å². The molecule has 0 amide bonds. The number of aliphatic hydroxyl groups excluding tert-OH is 5. The van der Waals surface area contributed by atoms with E-state index in [0.29, 0.717) is 11.0 Å². The van der Waals surface area contributed by atoms with Crippen LogP contribution in [0, 0.1) is 0 Å². The minimum Gasteiger partial charge on any atom is -0.387 e. The zero-order chi connectivity index (χ0) is 27.5. The van der Waals surface area contributed by atoms with Gasteiger partial charge >= 0.3 is 0 Å². The molecular weight excluding hydrogens is 474 g/mol. The number of hydrogen-bond acceptors (Lipinski definition) is 7. The van der Waals surface area contributed by atoms with Gasteiger partial charge in [0.2, 0.25) is 0 Å². The van der Waals surface area contributed by atoms with E-state index in [9.17, 15) is 25.5 Å². The number of aliphatic hydroxyl groups is 5. The van der Waals surface area contributed by atoms with Crippen molar-refractivity contribution in [1.29, 1.82) is 0 Å². The summed E-state index contributed by atoms with van der Waals surface area (Å²) >= 11 is 0. The molecule has 1 fully saturated rings. The van der Waals surface area contributed by atoms with Gasteiger partial charge in [-0.05, 0) is 12.8 Å². The molecule has 0 aliphatic carbocycles. The Morgan fingerprint density at radius 3 is 1.62 bits per heavy atom. The van der Waals surface area contributed by atoms with Gasteiger partial charge in [0.05, 0.1) is 33.9 Å². The highest BCUT2D eigenvalue weighted by Crippen LogP contribution is 2.20. The first-order valence-corrected chi connectivity index (χ1v) is 15.1. The molecule has 1 rings (SSSR count). The third-order valence-electron chi connectivity index (χ3n) is 7.60. The Morgan fingerprint density at radius 1 is 0.676 bits per heavy atom. The smallest absolute Gasteiger partial charge is 0.184 e. The van der Waals surface area contributed by atoms with E-state index in [1.165, 1.54) is 96.3 Å². The van der Waals surface area contributed by atoms with E-state index >= 15 is 0 Å². The Bertz CT molecular complexity index is 536. The molecule has 8 heteroatoms. The van der Waals surface area contributed by atoms with E-state index < -0.39 is 36.8 Å². The highest BCUT2D eigenvalue weighted by molar-refractivity contribution is 4.88. The molecule has 1 heterocycles. The number of unbranched alkanes of at least 4 members (excludes halogenated alkanes) is 15. The van der Waals surface area contributed by atoms with Crippen molar-refractivity contribution < 1.29 is 39.5 Å². The van der Waals surface area contributed by atoms with Crippen LogP contribution in [0.2, 0.25) is 0 Å². The number of likely N-dealkylation sites (N-methyl/N-ethyl adjacent to an activating group) is 1. The molecule has 0 bridgehead atoms. The average molecular weight is 535 g/mol. The molecule has 0 aromatic heterocycles. The van der Waals surface area contributed by atoms with E-state index in [2.05, 4.69) is 21.0 Å². The van der Waals surface area contributed by atoms with Gasteiger partial charge in [-0.25, -0.2) is 0 Å². The third-order valence-corrected chi connectivity index (χ3v) is 7.60. The monoisotopic (exact) mass is 534 g/mol. The number of quaternary nitrogens is 1. The van der Waals surface area contributed by atoms with Crippen LogP contribution in [-0.4, -0.2) is 107 Å². The van der Waals surface area contributed by atoms with Crippen LogP contribution in [0.1, 0.15) is 110 Å². The van der Waals surface area contributed by atoms with Crippen LogP contribution < -0.4 is 0 Å². The minimum absolute atomic E-state index is 0.0714. The van der Waals surface area contributed by atoms with Crippen molar-refractivity contribution in [1.82, 2.24) is 0 Å². The predicted octanol–water partition coefficient (Wildman–Crippen LogP) is 3.50. The lowest BCUT2D eigenvalue weighted by atomic mass is 9.99. The van der Waals surface area contributed by atoms with Crippen LogP contribution in [0.4, 0.5) is 0 Å². The van der Waals surface area contributed by atoms with Crippen molar-refractivity contribution in [2.45, 2.75) is 146 Å².